The Hall–Kier alpha value is -2.53. The maximum absolute atomic E-state index is 10.6. The summed E-state index contributed by atoms with van der Waals surface area (Å²) in [6.45, 7) is 0.446. The molecule has 2 rings (SSSR count). The van der Waals surface area contributed by atoms with Crippen LogP contribution in [-0.2, 0) is 11.4 Å². The molecule has 1 unspecified atom stereocenters. The van der Waals surface area contributed by atoms with E-state index >= 15 is 0 Å². The van der Waals surface area contributed by atoms with Gasteiger partial charge in [-0.15, -0.1) is 0 Å². The topological polar surface area (TPSA) is 81.8 Å². The number of ether oxygens (including phenoxy) is 2. The molecule has 0 saturated carbocycles. The van der Waals surface area contributed by atoms with Crippen LogP contribution in [0.15, 0.2) is 48.5 Å². The van der Waals surface area contributed by atoms with Gasteiger partial charge in [0.1, 0.15) is 6.61 Å². The van der Waals surface area contributed by atoms with Crippen LogP contribution < -0.4 is 15.2 Å². The molecule has 5 nitrogen and oxygen atoms in total. The third-order valence-corrected chi connectivity index (χ3v) is 3.52. The second kappa shape index (κ2) is 8.19. The molecule has 0 heterocycles. The highest BCUT2D eigenvalue weighted by atomic mass is 16.5. The first kappa shape index (κ1) is 16.8. The van der Waals surface area contributed by atoms with Crippen LogP contribution in [0.1, 0.15) is 30.0 Å². The Labute approximate surface area is 135 Å². The van der Waals surface area contributed by atoms with Crippen molar-refractivity contribution in [3.05, 3.63) is 59.7 Å². The lowest BCUT2D eigenvalue weighted by atomic mass is 10.0. The first-order chi connectivity index (χ1) is 11.1. The average Bonchev–Trinajstić information content (AvgIpc) is 2.58. The summed E-state index contributed by atoms with van der Waals surface area (Å²) < 4.78 is 11.1. The van der Waals surface area contributed by atoms with E-state index in [4.69, 9.17) is 20.3 Å². The molecule has 0 saturated heterocycles. The smallest absolute Gasteiger partial charge is 0.303 e. The number of aliphatic carboxylic acids is 1. The van der Waals surface area contributed by atoms with E-state index in [0.717, 1.165) is 11.1 Å². The number of hydrogen-bond donors (Lipinski definition) is 2. The maximum Gasteiger partial charge on any atom is 0.303 e. The lowest BCUT2D eigenvalue weighted by molar-refractivity contribution is -0.137. The van der Waals surface area contributed by atoms with E-state index in [0.29, 0.717) is 24.5 Å². The molecule has 2 aromatic rings. The van der Waals surface area contributed by atoms with Gasteiger partial charge in [0.05, 0.1) is 7.11 Å². The molecule has 0 aliphatic rings. The summed E-state index contributed by atoms with van der Waals surface area (Å²) in [4.78, 5) is 10.6. The summed E-state index contributed by atoms with van der Waals surface area (Å²) in [5.74, 6) is 0.366. The van der Waals surface area contributed by atoms with Gasteiger partial charge in [-0.1, -0.05) is 36.4 Å². The van der Waals surface area contributed by atoms with Gasteiger partial charge in [0.15, 0.2) is 11.5 Å². The van der Waals surface area contributed by atoms with Crippen molar-refractivity contribution >= 4 is 5.97 Å². The average molecular weight is 315 g/mol. The normalized spacial score (nSPS) is 11.7. The van der Waals surface area contributed by atoms with E-state index in [1.807, 2.05) is 36.4 Å². The SMILES string of the molecule is COc1cc(C(N)CCC(=O)O)ccc1OCc1ccccc1. The van der Waals surface area contributed by atoms with Crippen LogP contribution in [0.25, 0.3) is 0 Å². The molecule has 0 aliphatic heterocycles. The van der Waals surface area contributed by atoms with Crippen LogP contribution in [0, 0.1) is 0 Å². The van der Waals surface area contributed by atoms with E-state index in [9.17, 15) is 4.79 Å². The molecule has 0 fully saturated rings. The molecule has 0 aliphatic carbocycles. The van der Waals surface area contributed by atoms with Gasteiger partial charge in [-0.05, 0) is 29.7 Å². The number of rotatable bonds is 8. The minimum atomic E-state index is -0.852. The first-order valence-corrected chi connectivity index (χ1v) is 7.42. The lowest BCUT2D eigenvalue weighted by Crippen LogP contribution is -2.12. The van der Waals surface area contributed by atoms with Gasteiger partial charge in [0.25, 0.3) is 0 Å². The van der Waals surface area contributed by atoms with Crippen molar-refractivity contribution in [2.24, 2.45) is 5.73 Å². The Morgan fingerprint density at radius 2 is 1.91 bits per heavy atom. The monoisotopic (exact) mass is 315 g/mol. The molecular weight excluding hydrogens is 294 g/mol. The van der Waals surface area contributed by atoms with E-state index in [-0.39, 0.29) is 12.5 Å². The Bertz CT molecular complexity index is 643. The first-order valence-electron chi connectivity index (χ1n) is 7.42. The van der Waals surface area contributed by atoms with E-state index in [1.165, 1.54) is 0 Å². The van der Waals surface area contributed by atoms with Crippen molar-refractivity contribution in [3.8, 4) is 11.5 Å². The predicted molar refractivity (Wildman–Crippen MR) is 87.6 cm³/mol. The molecule has 122 valence electrons. The van der Waals surface area contributed by atoms with Crippen molar-refractivity contribution in [3.63, 3.8) is 0 Å². The van der Waals surface area contributed by atoms with E-state index < -0.39 is 5.97 Å². The fourth-order valence-electron chi connectivity index (χ4n) is 2.22. The van der Waals surface area contributed by atoms with Crippen LogP contribution in [0.4, 0.5) is 0 Å². The molecule has 3 N–H and O–H groups in total. The van der Waals surface area contributed by atoms with Gasteiger partial charge >= 0.3 is 5.97 Å². The molecule has 5 heteroatoms. The quantitative estimate of drug-likeness (QED) is 0.782. The van der Waals surface area contributed by atoms with Crippen molar-refractivity contribution in [2.45, 2.75) is 25.5 Å². The van der Waals surface area contributed by atoms with E-state index in [2.05, 4.69) is 0 Å². The number of carboxylic acids is 1. The third kappa shape index (κ3) is 5.00. The molecule has 1 atom stereocenters. The highest BCUT2D eigenvalue weighted by molar-refractivity contribution is 5.66. The second-order valence-corrected chi connectivity index (χ2v) is 5.22. The van der Waals surface area contributed by atoms with Crippen LogP contribution in [0.3, 0.4) is 0 Å². The summed E-state index contributed by atoms with van der Waals surface area (Å²) in [5.41, 5.74) is 7.92. The Balaban J connectivity index is 2.05. The largest absolute Gasteiger partial charge is 0.493 e. The van der Waals surface area contributed by atoms with E-state index in [1.54, 1.807) is 19.2 Å². The molecule has 0 aromatic heterocycles. The number of benzene rings is 2. The molecule has 0 amide bonds. The molecule has 2 aromatic carbocycles. The zero-order chi connectivity index (χ0) is 16.7. The van der Waals surface area contributed by atoms with Crippen molar-refractivity contribution in [2.75, 3.05) is 7.11 Å². The molecule has 0 radical (unpaired) electrons. The van der Waals surface area contributed by atoms with Gasteiger partial charge < -0.3 is 20.3 Å². The minimum Gasteiger partial charge on any atom is -0.493 e. The number of carboxylic acid groups (broad SMARTS) is 1. The number of nitrogens with two attached hydrogens (primary N) is 1. The zero-order valence-electron chi connectivity index (χ0n) is 13.1. The Morgan fingerprint density at radius 3 is 2.57 bits per heavy atom. The molecule has 0 bridgehead atoms. The van der Waals surface area contributed by atoms with Crippen LogP contribution >= 0.6 is 0 Å². The standard InChI is InChI=1S/C18H21NO4/c1-22-17-11-14(15(19)8-10-18(20)21)7-9-16(17)23-12-13-5-3-2-4-6-13/h2-7,9,11,15H,8,10,12,19H2,1H3,(H,20,21). The maximum atomic E-state index is 10.6. The Morgan fingerprint density at radius 1 is 1.17 bits per heavy atom. The molecule has 0 spiro atoms. The fourth-order valence-corrected chi connectivity index (χ4v) is 2.22. The number of methoxy groups -OCH3 is 1. The molecule has 23 heavy (non-hydrogen) atoms. The number of hydrogen-bond acceptors (Lipinski definition) is 4. The zero-order valence-corrected chi connectivity index (χ0v) is 13.1. The molecular formula is C18H21NO4. The fraction of sp³-hybridized carbons (Fsp3) is 0.278. The summed E-state index contributed by atoms with van der Waals surface area (Å²) in [5, 5.41) is 8.73. The summed E-state index contributed by atoms with van der Waals surface area (Å²) in [6.07, 6.45) is 0.415. The second-order valence-electron chi connectivity index (χ2n) is 5.22. The highest BCUT2D eigenvalue weighted by Gasteiger charge is 2.12. The van der Waals surface area contributed by atoms with Gasteiger partial charge in [0.2, 0.25) is 0 Å². The van der Waals surface area contributed by atoms with Crippen molar-refractivity contribution < 1.29 is 19.4 Å². The highest BCUT2D eigenvalue weighted by Crippen LogP contribution is 2.31. The lowest BCUT2D eigenvalue weighted by Gasteiger charge is -2.15. The van der Waals surface area contributed by atoms with Crippen molar-refractivity contribution in [1.29, 1.82) is 0 Å². The predicted octanol–water partition coefficient (Wildman–Crippen LogP) is 3.14. The van der Waals surface area contributed by atoms with Gasteiger partial charge in [-0.3, -0.25) is 4.79 Å². The van der Waals surface area contributed by atoms with Crippen LogP contribution in [0.2, 0.25) is 0 Å². The van der Waals surface area contributed by atoms with Crippen LogP contribution in [0.5, 0.6) is 11.5 Å². The minimum absolute atomic E-state index is 0.0374. The number of carbonyl (C=O) groups is 1. The van der Waals surface area contributed by atoms with Crippen molar-refractivity contribution in [1.82, 2.24) is 0 Å². The van der Waals surface area contributed by atoms with Crippen LogP contribution in [-0.4, -0.2) is 18.2 Å². The van der Waals surface area contributed by atoms with Gasteiger partial charge in [0, 0.05) is 12.5 Å². The third-order valence-electron chi connectivity index (χ3n) is 3.52. The summed E-state index contributed by atoms with van der Waals surface area (Å²) in [7, 11) is 1.57. The van der Waals surface area contributed by atoms with Gasteiger partial charge in [-0.2, -0.15) is 0 Å². The Kier molecular flexibility index (Phi) is 6.00. The van der Waals surface area contributed by atoms with Gasteiger partial charge in [-0.25, -0.2) is 0 Å². The summed E-state index contributed by atoms with van der Waals surface area (Å²) >= 11 is 0. The summed E-state index contributed by atoms with van der Waals surface area (Å²) in [6, 6.07) is 15.0.